The third kappa shape index (κ3) is 5.70. The second-order valence-electron chi connectivity index (χ2n) is 7.89. The van der Waals surface area contributed by atoms with Gasteiger partial charge in [-0.15, -0.1) is 0 Å². The Balaban J connectivity index is 1.55. The van der Waals surface area contributed by atoms with Crippen LogP contribution in [0.5, 0.6) is 5.75 Å². The van der Waals surface area contributed by atoms with Crippen LogP contribution in [0.25, 0.3) is 0 Å². The number of benzene rings is 2. The molecule has 6 nitrogen and oxygen atoms in total. The van der Waals surface area contributed by atoms with Gasteiger partial charge in [-0.1, -0.05) is 12.1 Å². The van der Waals surface area contributed by atoms with Crippen LogP contribution in [0.2, 0.25) is 0 Å². The fourth-order valence-electron chi connectivity index (χ4n) is 2.99. The summed E-state index contributed by atoms with van der Waals surface area (Å²) in [6.07, 6.45) is -0.0804. The van der Waals surface area contributed by atoms with Crippen molar-refractivity contribution in [2.45, 2.75) is 45.4 Å². The molecule has 0 spiro atoms. The molecule has 0 saturated carbocycles. The summed E-state index contributed by atoms with van der Waals surface area (Å²) in [5.41, 5.74) is 0.980. The van der Waals surface area contributed by atoms with Gasteiger partial charge in [-0.05, 0) is 69.2 Å². The second-order valence-corrected chi connectivity index (χ2v) is 7.89. The minimum Gasteiger partial charge on any atom is -0.489 e. The molecule has 1 heterocycles. The summed E-state index contributed by atoms with van der Waals surface area (Å²) in [4.78, 5) is 26.2. The van der Waals surface area contributed by atoms with Crippen LogP contribution in [0.1, 0.15) is 32.8 Å². The zero-order chi connectivity index (χ0) is 21.0. The fourth-order valence-corrected chi connectivity index (χ4v) is 2.99. The molecule has 2 aromatic rings. The number of nitrogens with zero attached hydrogens (tertiary/aromatic N) is 1. The van der Waals surface area contributed by atoms with Crippen molar-refractivity contribution in [2.24, 2.45) is 0 Å². The van der Waals surface area contributed by atoms with Gasteiger partial charge >= 0.3 is 6.09 Å². The van der Waals surface area contributed by atoms with Gasteiger partial charge in [0.15, 0.2) is 0 Å². The number of hydrogen-bond acceptors (Lipinski definition) is 4. The first kappa shape index (κ1) is 20.6. The third-order valence-corrected chi connectivity index (χ3v) is 4.36. The number of ether oxygens (including phenoxy) is 2. The number of anilines is 1. The van der Waals surface area contributed by atoms with E-state index in [-0.39, 0.29) is 11.7 Å². The Bertz CT molecular complexity index is 860. The SMILES string of the molecule is CC(C)(C)OC(=O)N[C@H]1CCN(c2ccc(OCc3ccc(F)cc3)cc2)C1=O. The Labute approximate surface area is 169 Å². The predicted molar refractivity (Wildman–Crippen MR) is 107 cm³/mol. The van der Waals surface area contributed by atoms with Crippen molar-refractivity contribution in [3.8, 4) is 5.75 Å². The second kappa shape index (κ2) is 8.51. The highest BCUT2D eigenvalue weighted by molar-refractivity contribution is 6.00. The maximum Gasteiger partial charge on any atom is 0.408 e. The monoisotopic (exact) mass is 400 g/mol. The van der Waals surface area contributed by atoms with E-state index in [1.165, 1.54) is 12.1 Å². The van der Waals surface area contributed by atoms with Crippen LogP contribution in [0.3, 0.4) is 0 Å². The third-order valence-electron chi connectivity index (χ3n) is 4.36. The topological polar surface area (TPSA) is 67.9 Å². The minimum absolute atomic E-state index is 0.171. The van der Waals surface area contributed by atoms with Gasteiger partial charge in [0.25, 0.3) is 0 Å². The summed E-state index contributed by atoms with van der Waals surface area (Å²) in [7, 11) is 0. The van der Waals surface area contributed by atoms with Crippen molar-refractivity contribution in [1.82, 2.24) is 5.32 Å². The van der Waals surface area contributed by atoms with Gasteiger partial charge < -0.3 is 19.7 Å². The van der Waals surface area contributed by atoms with Crippen molar-refractivity contribution < 1.29 is 23.5 Å². The highest BCUT2D eigenvalue weighted by Crippen LogP contribution is 2.25. The molecule has 29 heavy (non-hydrogen) atoms. The van der Waals surface area contributed by atoms with E-state index >= 15 is 0 Å². The average Bonchev–Trinajstić information content (AvgIpc) is 3.00. The molecular weight excluding hydrogens is 375 g/mol. The molecule has 154 valence electrons. The zero-order valence-electron chi connectivity index (χ0n) is 16.8. The molecule has 1 atom stereocenters. The molecule has 0 radical (unpaired) electrons. The van der Waals surface area contributed by atoms with Gasteiger partial charge in [0.1, 0.15) is 29.8 Å². The van der Waals surface area contributed by atoms with Gasteiger partial charge in [-0.2, -0.15) is 0 Å². The van der Waals surface area contributed by atoms with Crippen molar-refractivity contribution in [3.05, 3.63) is 59.9 Å². The van der Waals surface area contributed by atoms with E-state index in [9.17, 15) is 14.0 Å². The van der Waals surface area contributed by atoms with Gasteiger partial charge in [0.2, 0.25) is 5.91 Å². The molecule has 1 N–H and O–H groups in total. The molecule has 2 amide bonds. The summed E-state index contributed by atoms with van der Waals surface area (Å²) >= 11 is 0. The van der Waals surface area contributed by atoms with Crippen LogP contribution in [0, 0.1) is 5.82 Å². The Morgan fingerprint density at radius 3 is 2.41 bits per heavy atom. The summed E-state index contributed by atoms with van der Waals surface area (Å²) in [6, 6.07) is 12.7. The van der Waals surface area contributed by atoms with Gasteiger partial charge in [-0.3, -0.25) is 4.79 Å². The van der Waals surface area contributed by atoms with Gasteiger partial charge in [0, 0.05) is 12.2 Å². The van der Waals surface area contributed by atoms with E-state index in [1.807, 2.05) is 0 Å². The summed E-state index contributed by atoms with van der Waals surface area (Å²) < 4.78 is 23.9. The molecule has 2 aromatic carbocycles. The lowest BCUT2D eigenvalue weighted by Crippen LogP contribution is -2.43. The molecule has 0 bridgehead atoms. The molecular formula is C22H25FN2O4. The number of nitrogens with one attached hydrogen (secondary N) is 1. The molecule has 0 unspecified atom stereocenters. The highest BCUT2D eigenvalue weighted by atomic mass is 19.1. The summed E-state index contributed by atoms with van der Waals surface area (Å²) in [5, 5.41) is 2.63. The first-order valence-electron chi connectivity index (χ1n) is 9.49. The highest BCUT2D eigenvalue weighted by Gasteiger charge is 2.34. The van der Waals surface area contributed by atoms with E-state index in [0.717, 1.165) is 11.3 Å². The molecule has 1 fully saturated rings. The molecule has 0 aromatic heterocycles. The first-order chi connectivity index (χ1) is 13.7. The van der Waals surface area contributed by atoms with Crippen molar-refractivity contribution in [2.75, 3.05) is 11.4 Å². The number of amides is 2. The van der Waals surface area contributed by atoms with Gasteiger partial charge in [-0.25, -0.2) is 9.18 Å². The van der Waals surface area contributed by atoms with E-state index in [4.69, 9.17) is 9.47 Å². The lowest BCUT2D eigenvalue weighted by Gasteiger charge is -2.21. The normalized spacial score (nSPS) is 16.6. The number of carbonyl (C=O) groups is 2. The quantitative estimate of drug-likeness (QED) is 0.823. The lowest BCUT2D eigenvalue weighted by molar-refractivity contribution is -0.118. The molecule has 7 heteroatoms. The van der Waals surface area contributed by atoms with Crippen molar-refractivity contribution in [1.29, 1.82) is 0 Å². The molecule has 1 aliphatic rings. The van der Waals surface area contributed by atoms with E-state index in [0.29, 0.717) is 25.3 Å². The maximum absolute atomic E-state index is 12.9. The van der Waals surface area contributed by atoms with E-state index < -0.39 is 17.7 Å². The van der Waals surface area contributed by atoms with Crippen LogP contribution in [0.15, 0.2) is 48.5 Å². The van der Waals surface area contributed by atoms with Gasteiger partial charge in [0.05, 0.1) is 0 Å². The van der Waals surface area contributed by atoms with Crippen LogP contribution in [-0.2, 0) is 16.1 Å². The molecule has 1 saturated heterocycles. The van der Waals surface area contributed by atoms with Crippen molar-refractivity contribution in [3.63, 3.8) is 0 Å². The largest absolute Gasteiger partial charge is 0.489 e. The lowest BCUT2D eigenvalue weighted by atomic mass is 10.2. The first-order valence-corrected chi connectivity index (χ1v) is 9.49. The van der Waals surface area contributed by atoms with Crippen LogP contribution < -0.4 is 15.0 Å². The number of carbonyl (C=O) groups excluding carboxylic acids is 2. The number of halogens is 1. The fraction of sp³-hybridized carbons (Fsp3) is 0.364. The number of rotatable bonds is 5. The Morgan fingerprint density at radius 2 is 1.79 bits per heavy atom. The van der Waals surface area contributed by atoms with Crippen LogP contribution in [0.4, 0.5) is 14.9 Å². The van der Waals surface area contributed by atoms with E-state index in [1.54, 1.807) is 62.1 Å². The summed E-state index contributed by atoms with van der Waals surface area (Å²) in [5.74, 6) is 0.192. The number of hydrogen-bond donors (Lipinski definition) is 1. The van der Waals surface area contributed by atoms with E-state index in [2.05, 4.69) is 5.32 Å². The maximum atomic E-state index is 12.9. The van der Waals surface area contributed by atoms with Crippen LogP contribution >= 0.6 is 0 Å². The Kier molecular flexibility index (Phi) is 6.06. The smallest absolute Gasteiger partial charge is 0.408 e. The zero-order valence-corrected chi connectivity index (χ0v) is 16.8. The molecule has 1 aliphatic heterocycles. The average molecular weight is 400 g/mol. The molecule has 0 aliphatic carbocycles. The summed E-state index contributed by atoms with van der Waals surface area (Å²) in [6.45, 7) is 6.15. The molecule has 3 rings (SSSR count). The van der Waals surface area contributed by atoms with Crippen molar-refractivity contribution >= 4 is 17.7 Å². The Morgan fingerprint density at radius 1 is 1.14 bits per heavy atom. The van der Waals surface area contributed by atoms with Crippen LogP contribution in [-0.4, -0.2) is 30.2 Å². The predicted octanol–water partition coefficient (Wildman–Crippen LogP) is 4.03. The Hall–Kier alpha value is -3.09. The number of alkyl carbamates (subject to hydrolysis) is 1. The minimum atomic E-state index is -0.616. The standard InChI is InChI=1S/C22H25FN2O4/c1-22(2,3)29-21(27)24-19-12-13-25(20(19)26)17-8-10-18(11-9-17)28-14-15-4-6-16(23)7-5-15/h4-11,19H,12-14H2,1-3H3,(H,24,27)/t19-/m0/s1.